The lowest BCUT2D eigenvalue weighted by Gasteiger charge is -2.42. The molecule has 0 saturated carbocycles. The summed E-state index contributed by atoms with van der Waals surface area (Å²) in [5, 5.41) is 11.7. The van der Waals surface area contributed by atoms with Crippen molar-refractivity contribution in [2.45, 2.75) is 44.9 Å². The van der Waals surface area contributed by atoms with Gasteiger partial charge in [0.05, 0.1) is 23.5 Å². The summed E-state index contributed by atoms with van der Waals surface area (Å²) in [7, 11) is -3.77. The number of likely N-dealkylation sites (tertiary alicyclic amines) is 1. The minimum atomic E-state index is -4.44. The Morgan fingerprint density at radius 2 is 1.76 bits per heavy atom. The number of amides is 2. The minimum Gasteiger partial charge on any atom is -0.350 e. The van der Waals surface area contributed by atoms with Gasteiger partial charge >= 0.3 is 6.18 Å². The first kappa shape index (κ1) is 27.3. The molecule has 0 aromatic heterocycles. The van der Waals surface area contributed by atoms with Crippen LogP contribution >= 0.6 is 0 Å². The van der Waals surface area contributed by atoms with Gasteiger partial charge in [-0.3, -0.25) is 9.59 Å². The van der Waals surface area contributed by atoms with E-state index < -0.39 is 33.9 Å². The van der Waals surface area contributed by atoms with Crippen LogP contribution in [0.3, 0.4) is 0 Å². The van der Waals surface area contributed by atoms with E-state index in [0.717, 1.165) is 12.1 Å². The highest BCUT2D eigenvalue weighted by Crippen LogP contribution is 2.32. The number of piperidine rings is 1. The van der Waals surface area contributed by atoms with E-state index in [1.807, 2.05) is 6.92 Å². The van der Waals surface area contributed by atoms with Crippen LogP contribution < -0.4 is 5.32 Å². The first-order valence-electron chi connectivity index (χ1n) is 12.3. The topological polar surface area (TPSA) is 114 Å². The maximum absolute atomic E-state index is 13.5. The van der Waals surface area contributed by atoms with Crippen molar-refractivity contribution in [1.82, 2.24) is 18.8 Å². The Morgan fingerprint density at radius 1 is 1.08 bits per heavy atom. The third-order valence-electron chi connectivity index (χ3n) is 7.51. The van der Waals surface area contributed by atoms with Gasteiger partial charge in [0.1, 0.15) is 6.04 Å². The number of halogens is 3. The monoisotopic (exact) mass is 541 g/mol. The molecule has 37 heavy (non-hydrogen) atoms. The molecule has 0 bridgehead atoms. The van der Waals surface area contributed by atoms with Gasteiger partial charge in [0.2, 0.25) is 11.8 Å². The Hall–Kier alpha value is -2.69. The summed E-state index contributed by atoms with van der Waals surface area (Å²) in [5.74, 6) is -1.64. The molecule has 3 aliphatic rings. The van der Waals surface area contributed by atoms with E-state index in [1.54, 1.807) is 0 Å². The SMILES string of the molecule is C[C@H]1CCN(S(=O)(=O)N2CC(C#N)C2)C[C@@H]1C(=O)N1CCC[C@@H]1C(=O)NCc1ccc(C(F)(F)F)cc1. The van der Waals surface area contributed by atoms with Crippen LogP contribution in [0.15, 0.2) is 24.3 Å². The highest BCUT2D eigenvalue weighted by molar-refractivity contribution is 7.86. The second-order valence-corrected chi connectivity index (χ2v) is 11.9. The maximum Gasteiger partial charge on any atom is 0.416 e. The lowest BCUT2D eigenvalue weighted by molar-refractivity contribution is -0.144. The van der Waals surface area contributed by atoms with Crippen molar-refractivity contribution < 1.29 is 31.2 Å². The molecule has 2 amide bonds. The van der Waals surface area contributed by atoms with Gasteiger partial charge in [0, 0.05) is 39.3 Å². The van der Waals surface area contributed by atoms with Crippen LogP contribution in [0.1, 0.15) is 37.3 Å². The fourth-order valence-corrected chi connectivity index (χ4v) is 6.82. The molecule has 9 nitrogen and oxygen atoms in total. The van der Waals surface area contributed by atoms with Crippen LogP contribution in [0.5, 0.6) is 0 Å². The fourth-order valence-electron chi connectivity index (χ4n) is 5.08. The average Bonchev–Trinajstić information content (AvgIpc) is 3.31. The smallest absolute Gasteiger partial charge is 0.350 e. The minimum absolute atomic E-state index is 0.0203. The van der Waals surface area contributed by atoms with E-state index in [4.69, 9.17) is 5.26 Å². The number of rotatable bonds is 6. The van der Waals surface area contributed by atoms with E-state index in [1.165, 1.54) is 25.6 Å². The normalized spacial score (nSPS) is 25.9. The Morgan fingerprint density at radius 3 is 2.38 bits per heavy atom. The lowest BCUT2D eigenvalue weighted by Crippen LogP contribution is -2.58. The summed E-state index contributed by atoms with van der Waals surface area (Å²) in [6, 6.07) is 5.85. The lowest BCUT2D eigenvalue weighted by atomic mass is 9.87. The van der Waals surface area contributed by atoms with Gasteiger partial charge in [-0.05, 0) is 42.9 Å². The van der Waals surface area contributed by atoms with Crippen LogP contribution in [0.2, 0.25) is 0 Å². The number of alkyl halides is 3. The van der Waals surface area contributed by atoms with Gasteiger partial charge in [-0.1, -0.05) is 19.1 Å². The van der Waals surface area contributed by atoms with E-state index in [0.29, 0.717) is 31.4 Å². The molecule has 4 rings (SSSR count). The number of hydrogen-bond donors (Lipinski definition) is 1. The van der Waals surface area contributed by atoms with E-state index in [9.17, 15) is 31.2 Å². The molecule has 3 aliphatic heterocycles. The number of hydrogen-bond acceptors (Lipinski definition) is 5. The Labute approximate surface area is 214 Å². The molecule has 0 aliphatic carbocycles. The van der Waals surface area contributed by atoms with Gasteiger partial charge in [-0.25, -0.2) is 0 Å². The quantitative estimate of drug-likeness (QED) is 0.592. The van der Waals surface area contributed by atoms with Crippen molar-refractivity contribution in [3.63, 3.8) is 0 Å². The zero-order valence-electron chi connectivity index (χ0n) is 20.4. The number of benzene rings is 1. The average molecular weight is 542 g/mol. The number of carbonyl (C=O) groups excluding carboxylic acids is 2. The molecule has 3 heterocycles. The summed E-state index contributed by atoms with van der Waals surface area (Å²) in [4.78, 5) is 27.9. The second kappa shape index (κ2) is 10.6. The molecule has 202 valence electrons. The van der Waals surface area contributed by atoms with Crippen LogP contribution in [0, 0.1) is 29.1 Å². The standard InChI is InChI=1S/C24H30F3N5O4S/c1-16-8-10-30(37(35,36)31-13-18(11-28)14-31)15-20(16)23(34)32-9-2-3-21(32)22(33)29-12-17-4-6-19(7-5-17)24(25,26)27/h4-7,16,18,20-21H,2-3,8-10,12-15H2,1H3,(H,29,33)/t16-,20-,21+/m0/s1. The Balaban J connectivity index is 1.37. The van der Waals surface area contributed by atoms with Crippen LogP contribution in [-0.2, 0) is 32.5 Å². The number of nitrogens with zero attached hydrogens (tertiary/aromatic N) is 4. The molecule has 0 spiro atoms. The van der Waals surface area contributed by atoms with Crippen LogP contribution in [0.25, 0.3) is 0 Å². The van der Waals surface area contributed by atoms with Crippen molar-refractivity contribution in [3.8, 4) is 6.07 Å². The molecule has 3 saturated heterocycles. The van der Waals surface area contributed by atoms with E-state index >= 15 is 0 Å². The second-order valence-electron chi connectivity index (χ2n) is 9.98. The summed E-state index contributed by atoms with van der Waals surface area (Å²) >= 11 is 0. The zero-order valence-corrected chi connectivity index (χ0v) is 21.3. The molecule has 1 aromatic carbocycles. The van der Waals surface area contributed by atoms with Gasteiger partial charge in [0.25, 0.3) is 10.2 Å². The van der Waals surface area contributed by atoms with Crippen LogP contribution in [-0.4, -0.2) is 72.5 Å². The fraction of sp³-hybridized carbons (Fsp3) is 0.625. The Bertz CT molecular complexity index is 1160. The van der Waals surface area contributed by atoms with Crippen molar-refractivity contribution in [2.24, 2.45) is 17.8 Å². The molecule has 0 radical (unpaired) electrons. The summed E-state index contributed by atoms with van der Waals surface area (Å²) in [5.41, 5.74) is -0.268. The van der Waals surface area contributed by atoms with Crippen molar-refractivity contribution in [2.75, 3.05) is 32.7 Å². The first-order valence-corrected chi connectivity index (χ1v) is 13.7. The highest BCUT2D eigenvalue weighted by Gasteiger charge is 2.46. The summed E-state index contributed by atoms with van der Waals surface area (Å²) in [6.07, 6.45) is -2.86. The van der Waals surface area contributed by atoms with E-state index in [-0.39, 0.29) is 56.4 Å². The van der Waals surface area contributed by atoms with Gasteiger partial charge < -0.3 is 10.2 Å². The zero-order chi connectivity index (χ0) is 27.0. The van der Waals surface area contributed by atoms with Gasteiger partial charge in [-0.15, -0.1) is 0 Å². The third kappa shape index (κ3) is 5.76. The highest BCUT2D eigenvalue weighted by atomic mass is 32.2. The number of nitrogens with one attached hydrogen (secondary N) is 1. The molecule has 3 fully saturated rings. The number of carbonyl (C=O) groups is 2. The summed E-state index contributed by atoms with van der Waals surface area (Å²) < 4.78 is 66.8. The largest absolute Gasteiger partial charge is 0.416 e. The maximum atomic E-state index is 13.5. The van der Waals surface area contributed by atoms with Crippen LogP contribution in [0.4, 0.5) is 13.2 Å². The molecular formula is C24H30F3N5O4S. The predicted molar refractivity (Wildman–Crippen MR) is 126 cm³/mol. The molecule has 1 N–H and O–H groups in total. The molecular weight excluding hydrogens is 511 g/mol. The Kier molecular flexibility index (Phi) is 7.83. The van der Waals surface area contributed by atoms with Gasteiger partial charge in [-0.2, -0.15) is 35.5 Å². The molecule has 1 aromatic rings. The van der Waals surface area contributed by atoms with E-state index in [2.05, 4.69) is 11.4 Å². The van der Waals surface area contributed by atoms with Crippen molar-refractivity contribution in [1.29, 1.82) is 5.26 Å². The molecule has 3 atom stereocenters. The first-order chi connectivity index (χ1) is 17.4. The molecule has 0 unspecified atom stereocenters. The summed E-state index contributed by atoms with van der Waals surface area (Å²) in [6.45, 7) is 2.92. The number of nitriles is 1. The third-order valence-corrected chi connectivity index (χ3v) is 9.44. The van der Waals surface area contributed by atoms with Gasteiger partial charge in [0.15, 0.2) is 0 Å². The predicted octanol–water partition coefficient (Wildman–Crippen LogP) is 1.97. The van der Waals surface area contributed by atoms with Crippen molar-refractivity contribution in [3.05, 3.63) is 35.4 Å². The molecule has 13 heteroatoms. The van der Waals surface area contributed by atoms with Crippen molar-refractivity contribution >= 4 is 22.0 Å².